The summed E-state index contributed by atoms with van der Waals surface area (Å²) in [6.45, 7) is 2.54. The number of morpholine rings is 1. The molecule has 0 saturated carbocycles. The molecule has 1 atom stereocenters. The molecule has 2 aromatic rings. The predicted octanol–water partition coefficient (Wildman–Crippen LogP) is 3.10. The van der Waals surface area contributed by atoms with Crippen LogP contribution in [-0.4, -0.2) is 30.8 Å². The Balaban J connectivity index is 1.72. The van der Waals surface area contributed by atoms with Gasteiger partial charge in [0.25, 0.3) is 0 Å². The van der Waals surface area contributed by atoms with Crippen LogP contribution in [0.5, 0.6) is 0 Å². The van der Waals surface area contributed by atoms with Gasteiger partial charge in [-0.15, -0.1) is 11.3 Å². The zero-order valence-corrected chi connectivity index (χ0v) is 12.8. The number of hydrogen-bond acceptors (Lipinski definition) is 4. The van der Waals surface area contributed by atoms with Crippen LogP contribution in [0.1, 0.15) is 5.69 Å². The van der Waals surface area contributed by atoms with Crippen molar-refractivity contribution in [3.05, 3.63) is 39.8 Å². The number of ether oxygens (including phenoxy) is 1. The lowest BCUT2D eigenvalue weighted by Crippen LogP contribution is -2.42. The molecular formula is C14H15BrN2OS. The predicted molar refractivity (Wildman–Crippen MR) is 81.6 cm³/mol. The molecule has 0 bridgehead atoms. The molecular weight excluding hydrogens is 324 g/mol. The second-order valence-electron chi connectivity index (χ2n) is 4.58. The minimum absolute atomic E-state index is 0.395. The fraction of sp³-hybridized carbons (Fsp3) is 0.357. The SMILES string of the molecule is Brc1cccc(-c2nc(CC3COCCN3)cs2)c1. The molecule has 1 fully saturated rings. The van der Waals surface area contributed by atoms with Crippen LogP contribution in [-0.2, 0) is 11.2 Å². The topological polar surface area (TPSA) is 34.1 Å². The van der Waals surface area contributed by atoms with Crippen LogP contribution in [0.3, 0.4) is 0 Å². The molecule has 3 rings (SSSR count). The number of benzene rings is 1. The Bertz CT molecular complexity index is 552. The van der Waals surface area contributed by atoms with Crippen molar-refractivity contribution in [2.75, 3.05) is 19.8 Å². The monoisotopic (exact) mass is 338 g/mol. The van der Waals surface area contributed by atoms with Gasteiger partial charge in [-0.25, -0.2) is 4.98 Å². The zero-order chi connectivity index (χ0) is 13.1. The lowest BCUT2D eigenvalue weighted by Gasteiger charge is -2.22. The minimum Gasteiger partial charge on any atom is -0.379 e. The fourth-order valence-electron chi connectivity index (χ4n) is 2.16. The van der Waals surface area contributed by atoms with Gasteiger partial charge in [0.1, 0.15) is 5.01 Å². The van der Waals surface area contributed by atoms with Crippen molar-refractivity contribution in [3.8, 4) is 10.6 Å². The van der Waals surface area contributed by atoms with E-state index in [0.717, 1.165) is 41.4 Å². The lowest BCUT2D eigenvalue weighted by atomic mass is 10.1. The molecule has 0 spiro atoms. The summed E-state index contributed by atoms with van der Waals surface area (Å²) >= 11 is 5.20. The van der Waals surface area contributed by atoms with Crippen LogP contribution in [0.15, 0.2) is 34.1 Å². The van der Waals surface area contributed by atoms with E-state index >= 15 is 0 Å². The van der Waals surface area contributed by atoms with Gasteiger partial charge in [-0.05, 0) is 12.1 Å². The molecule has 1 N–H and O–H groups in total. The molecule has 0 amide bonds. The van der Waals surface area contributed by atoms with Crippen molar-refractivity contribution in [1.82, 2.24) is 10.3 Å². The zero-order valence-electron chi connectivity index (χ0n) is 10.4. The van der Waals surface area contributed by atoms with Gasteiger partial charge in [0.15, 0.2) is 0 Å². The van der Waals surface area contributed by atoms with Crippen LogP contribution in [0.2, 0.25) is 0 Å². The first-order valence-electron chi connectivity index (χ1n) is 6.33. The molecule has 0 aliphatic carbocycles. The Labute approximate surface area is 125 Å². The number of rotatable bonds is 3. The van der Waals surface area contributed by atoms with E-state index in [0.29, 0.717) is 6.04 Å². The number of aromatic nitrogens is 1. The number of hydrogen-bond donors (Lipinski definition) is 1. The maximum atomic E-state index is 5.47. The maximum Gasteiger partial charge on any atom is 0.123 e. The largest absolute Gasteiger partial charge is 0.379 e. The third-order valence-electron chi connectivity index (χ3n) is 3.08. The van der Waals surface area contributed by atoms with Crippen LogP contribution in [0.25, 0.3) is 10.6 Å². The number of thiazole rings is 1. The minimum atomic E-state index is 0.395. The molecule has 1 saturated heterocycles. The van der Waals surface area contributed by atoms with Crippen molar-refractivity contribution in [3.63, 3.8) is 0 Å². The van der Waals surface area contributed by atoms with E-state index in [-0.39, 0.29) is 0 Å². The first-order valence-corrected chi connectivity index (χ1v) is 8.00. The average Bonchev–Trinajstić information content (AvgIpc) is 2.88. The van der Waals surface area contributed by atoms with E-state index in [1.54, 1.807) is 11.3 Å². The maximum absolute atomic E-state index is 5.47. The highest BCUT2D eigenvalue weighted by Crippen LogP contribution is 2.26. The van der Waals surface area contributed by atoms with Crippen LogP contribution >= 0.6 is 27.3 Å². The van der Waals surface area contributed by atoms with E-state index in [2.05, 4.69) is 38.8 Å². The van der Waals surface area contributed by atoms with E-state index in [1.807, 2.05) is 12.1 Å². The Morgan fingerprint density at radius 2 is 2.42 bits per heavy atom. The summed E-state index contributed by atoms with van der Waals surface area (Å²) in [5.74, 6) is 0. The highest BCUT2D eigenvalue weighted by Gasteiger charge is 2.15. The molecule has 1 aliphatic rings. The van der Waals surface area contributed by atoms with Crippen LogP contribution in [0.4, 0.5) is 0 Å². The average molecular weight is 339 g/mol. The fourth-order valence-corrected chi connectivity index (χ4v) is 3.39. The number of nitrogens with one attached hydrogen (secondary N) is 1. The number of nitrogens with zero attached hydrogens (tertiary/aromatic N) is 1. The summed E-state index contributed by atoms with van der Waals surface area (Å²) in [7, 11) is 0. The Morgan fingerprint density at radius 1 is 1.47 bits per heavy atom. The van der Waals surface area contributed by atoms with Crippen molar-refractivity contribution < 1.29 is 4.74 Å². The van der Waals surface area contributed by atoms with Gasteiger partial charge in [-0.1, -0.05) is 28.1 Å². The summed E-state index contributed by atoms with van der Waals surface area (Å²) in [4.78, 5) is 4.72. The summed E-state index contributed by atoms with van der Waals surface area (Å²) in [5, 5.41) is 6.68. The second-order valence-corrected chi connectivity index (χ2v) is 6.36. The molecule has 5 heteroatoms. The van der Waals surface area contributed by atoms with Gasteiger partial charge >= 0.3 is 0 Å². The van der Waals surface area contributed by atoms with Gasteiger partial charge in [0.05, 0.1) is 18.9 Å². The van der Waals surface area contributed by atoms with Gasteiger partial charge in [-0.2, -0.15) is 0 Å². The summed E-state index contributed by atoms with van der Waals surface area (Å²) in [6, 6.07) is 8.66. The molecule has 0 radical (unpaired) electrons. The summed E-state index contributed by atoms with van der Waals surface area (Å²) < 4.78 is 6.56. The first-order chi connectivity index (χ1) is 9.31. The van der Waals surface area contributed by atoms with Crippen molar-refractivity contribution in [2.24, 2.45) is 0 Å². The standard InChI is InChI=1S/C14H15BrN2OS/c15-11-3-1-2-10(6-11)14-17-13(9-19-14)7-12-8-18-5-4-16-12/h1-3,6,9,12,16H,4-5,7-8H2. The molecule has 1 aromatic heterocycles. The highest BCUT2D eigenvalue weighted by molar-refractivity contribution is 9.10. The first kappa shape index (κ1) is 13.2. The van der Waals surface area contributed by atoms with Gasteiger partial charge in [-0.3, -0.25) is 0 Å². The van der Waals surface area contributed by atoms with E-state index < -0.39 is 0 Å². The van der Waals surface area contributed by atoms with Crippen molar-refractivity contribution >= 4 is 27.3 Å². The molecule has 3 nitrogen and oxygen atoms in total. The van der Waals surface area contributed by atoms with E-state index in [4.69, 9.17) is 9.72 Å². The molecule has 2 heterocycles. The third-order valence-corrected chi connectivity index (χ3v) is 4.51. The highest BCUT2D eigenvalue weighted by atomic mass is 79.9. The normalized spacial score (nSPS) is 19.5. The third kappa shape index (κ3) is 3.42. The molecule has 1 aliphatic heterocycles. The molecule has 1 unspecified atom stereocenters. The Morgan fingerprint density at radius 3 is 3.21 bits per heavy atom. The molecule has 19 heavy (non-hydrogen) atoms. The van der Waals surface area contributed by atoms with Gasteiger partial charge in [0.2, 0.25) is 0 Å². The lowest BCUT2D eigenvalue weighted by molar-refractivity contribution is 0.0767. The molecule has 100 valence electrons. The Hall–Kier alpha value is -0.750. The Kier molecular flexibility index (Phi) is 4.28. The van der Waals surface area contributed by atoms with Crippen LogP contribution in [0, 0.1) is 0 Å². The van der Waals surface area contributed by atoms with Crippen molar-refractivity contribution in [2.45, 2.75) is 12.5 Å². The summed E-state index contributed by atoms with van der Waals surface area (Å²) in [6.07, 6.45) is 0.935. The van der Waals surface area contributed by atoms with Gasteiger partial charge < -0.3 is 10.1 Å². The quantitative estimate of drug-likeness (QED) is 0.933. The second kappa shape index (κ2) is 6.13. The smallest absolute Gasteiger partial charge is 0.123 e. The molecule has 1 aromatic carbocycles. The van der Waals surface area contributed by atoms with Gasteiger partial charge in [0, 0.05) is 34.4 Å². The van der Waals surface area contributed by atoms with E-state index in [9.17, 15) is 0 Å². The number of halogens is 1. The van der Waals surface area contributed by atoms with E-state index in [1.165, 1.54) is 5.56 Å². The van der Waals surface area contributed by atoms with Crippen LogP contribution < -0.4 is 5.32 Å². The van der Waals surface area contributed by atoms with Crippen molar-refractivity contribution in [1.29, 1.82) is 0 Å². The summed E-state index contributed by atoms with van der Waals surface area (Å²) in [5.41, 5.74) is 2.31.